The molecule has 0 atom stereocenters. The Morgan fingerprint density at radius 2 is 1.93 bits per heavy atom. The molecule has 0 saturated heterocycles. The van der Waals surface area contributed by atoms with E-state index in [1.165, 1.54) is 0 Å². The SMILES string of the molecule is Nc1cc(C=O)cc(Cl)c1C(F)(F)F. The monoisotopic (exact) mass is 223 g/mol. The number of anilines is 1. The predicted octanol–water partition coefficient (Wildman–Crippen LogP) is 2.75. The van der Waals surface area contributed by atoms with Gasteiger partial charge in [-0.25, -0.2) is 0 Å². The number of benzene rings is 1. The molecule has 1 rings (SSSR count). The van der Waals surface area contributed by atoms with Crippen molar-refractivity contribution in [2.24, 2.45) is 0 Å². The summed E-state index contributed by atoms with van der Waals surface area (Å²) in [7, 11) is 0. The van der Waals surface area contributed by atoms with Crippen LogP contribution in [0.2, 0.25) is 5.02 Å². The Hall–Kier alpha value is -1.23. The van der Waals surface area contributed by atoms with E-state index in [4.69, 9.17) is 17.3 Å². The van der Waals surface area contributed by atoms with Crippen LogP contribution in [0.15, 0.2) is 12.1 Å². The van der Waals surface area contributed by atoms with E-state index in [2.05, 4.69) is 0 Å². The van der Waals surface area contributed by atoms with E-state index in [0.29, 0.717) is 6.29 Å². The average Bonchev–Trinajstić information content (AvgIpc) is 1.99. The fourth-order valence-corrected chi connectivity index (χ4v) is 1.36. The Morgan fingerprint density at radius 3 is 2.29 bits per heavy atom. The summed E-state index contributed by atoms with van der Waals surface area (Å²) in [6.07, 6.45) is -4.23. The molecule has 0 aliphatic carbocycles. The lowest BCUT2D eigenvalue weighted by Crippen LogP contribution is -2.10. The largest absolute Gasteiger partial charge is 0.419 e. The van der Waals surface area contributed by atoms with Crippen LogP contribution in [0, 0.1) is 0 Å². The molecule has 2 nitrogen and oxygen atoms in total. The summed E-state index contributed by atoms with van der Waals surface area (Å²) in [5.41, 5.74) is 3.48. The summed E-state index contributed by atoms with van der Waals surface area (Å²) in [5.74, 6) is 0. The van der Waals surface area contributed by atoms with E-state index in [9.17, 15) is 18.0 Å². The summed E-state index contributed by atoms with van der Waals surface area (Å²) in [4.78, 5) is 10.3. The van der Waals surface area contributed by atoms with Crippen molar-refractivity contribution in [2.75, 3.05) is 5.73 Å². The molecule has 0 bridgehead atoms. The van der Waals surface area contributed by atoms with Gasteiger partial charge in [0.05, 0.1) is 10.6 Å². The van der Waals surface area contributed by atoms with Crippen LogP contribution < -0.4 is 5.73 Å². The topological polar surface area (TPSA) is 43.1 Å². The van der Waals surface area contributed by atoms with Crippen LogP contribution in [0.1, 0.15) is 15.9 Å². The molecular formula is C8H5ClF3NO. The van der Waals surface area contributed by atoms with Crippen molar-refractivity contribution >= 4 is 23.6 Å². The smallest absolute Gasteiger partial charge is 0.398 e. The van der Waals surface area contributed by atoms with Crippen molar-refractivity contribution in [1.82, 2.24) is 0 Å². The number of halogens is 4. The second-order valence-electron chi connectivity index (χ2n) is 2.58. The van der Waals surface area contributed by atoms with Crippen molar-refractivity contribution in [3.05, 3.63) is 28.3 Å². The van der Waals surface area contributed by atoms with Gasteiger partial charge in [-0.15, -0.1) is 0 Å². The van der Waals surface area contributed by atoms with Gasteiger partial charge in [-0.3, -0.25) is 4.79 Å². The normalized spacial score (nSPS) is 11.4. The molecule has 2 N–H and O–H groups in total. The zero-order valence-corrected chi connectivity index (χ0v) is 7.49. The fourth-order valence-electron chi connectivity index (χ4n) is 1.02. The first kappa shape index (κ1) is 10.8. The second kappa shape index (κ2) is 3.49. The molecule has 0 heterocycles. The van der Waals surface area contributed by atoms with E-state index in [1.807, 2.05) is 0 Å². The summed E-state index contributed by atoms with van der Waals surface area (Å²) >= 11 is 5.34. The lowest BCUT2D eigenvalue weighted by atomic mass is 10.1. The number of nitrogen functional groups attached to an aromatic ring is 1. The van der Waals surface area contributed by atoms with Gasteiger partial charge in [-0.05, 0) is 12.1 Å². The first-order valence-corrected chi connectivity index (χ1v) is 3.85. The van der Waals surface area contributed by atoms with Crippen LogP contribution in [0.3, 0.4) is 0 Å². The van der Waals surface area contributed by atoms with Gasteiger partial charge in [0.1, 0.15) is 6.29 Å². The lowest BCUT2D eigenvalue weighted by molar-refractivity contribution is -0.136. The van der Waals surface area contributed by atoms with Crippen molar-refractivity contribution in [1.29, 1.82) is 0 Å². The van der Waals surface area contributed by atoms with Crippen molar-refractivity contribution in [3.8, 4) is 0 Å². The van der Waals surface area contributed by atoms with Gasteiger partial charge in [0, 0.05) is 11.3 Å². The highest BCUT2D eigenvalue weighted by atomic mass is 35.5. The van der Waals surface area contributed by atoms with E-state index in [1.54, 1.807) is 0 Å². The van der Waals surface area contributed by atoms with E-state index >= 15 is 0 Å². The molecule has 0 amide bonds. The first-order valence-electron chi connectivity index (χ1n) is 3.47. The molecule has 0 aromatic heterocycles. The number of hydrogen-bond acceptors (Lipinski definition) is 2. The van der Waals surface area contributed by atoms with Gasteiger partial charge in [-0.1, -0.05) is 11.6 Å². The van der Waals surface area contributed by atoms with Crippen LogP contribution in [-0.4, -0.2) is 6.29 Å². The number of alkyl halides is 3. The molecule has 0 fully saturated rings. The Labute approximate surface area is 82.5 Å². The zero-order valence-electron chi connectivity index (χ0n) is 6.73. The molecule has 0 spiro atoms. The number of carbonyl (C=O) groups is 1. The first-order chi connectivity index (χ1) is 6.36. The van der Waals surface area contributed by atoms with Gasteiger partial charge in [0.15, 0.2) is 0 Å². The molecule has 14 heavy (non-hydrogen) atoms. The van der Waals surface area contributed by atoms with Crippen molar-refractivity contribution in [3.63, 3.8) is 0 Å². The predicted molar refractivity (Wildman–Crippen MR) is 46.3 cm³/mol. The van der Waals surface area contributed by atoms with Gasteiger partial charge in [-0.2, -0.15) is 13.2 Å². The Bertz CT molecular complexity index is 352. The molecule has 76 valence electrons. The van der Waals surface area contributed by atoms with E-state index < -0.39 is 22.4 Å². The minimum atomic E-state index is -4.61. The highest BCUT2D eigenvalue weighted by molar-refractivity contribution is 6.32. The molecule has 1 aromatic rings. The number of carbonyl (C=O) groups excluding carboxylic acids is 1. The third-order valence-electron chi connectivity index (χ3n) is 1.56. The highest BCUT2D eigenvalue weighted by Gasteiger charge is 2.35. The van der Waals surface area contributed by atoms with Gasteiger partial charge in [0.2, 0.25) is 0 Å². The average molecular weight is 224 g/mol. The van der Waals surface area contributed by atoms with Gasteiger partial charge >= 0.3 is 6.18 Å². The lowest BCUT2D eigenvalue weighted by Gasteiger charge is -2.11. The molecule has 1 aromatic carbocycles. The number of nitrogens with two attached hydrogens (primary N) is 1. The minimum absolute atomic E-state index is 0.0144. The zero-order chi connectivity index (χ0) is 10.9. The van der Waals surface area contributed by atoms with Crippen molar-refractivity contribution in [2.45, 2.75) is 6.18 Å². The Kier molecular flexibility index (Phi) is 2.71. The van der Waals surface area contributed by atoms with E-state index in [0.717, 1.165) is 12.1 Å². The van der Waals surface area contributed by atoms with Crippen LogP contribution in [0.5, 0.6) is 0 Å². The maximum Gasteiger partial charge on any atom is 0.419 e. The summed E-state index contributed by atoms with van der Waals surface area (Å²) < 4.78 is 36.9. The van der Waals surface area contributed by atoms with Gasteiger partial charge < -0.3 is 5.73 Å². The molecule has 0 aliphatic heterocycles. The van der Waals surface area contributed by atoms with Crippen LogP contribution in [-0.2, 0) is 6.18 Å². The summed E-state index contributed by atoms with van der Waals surface area (Å²) in [6.45, 7) is 0. The standard InChI is InChI=1S/C8H5ClF3NO/c9-5-1-4(3-14)2-6(13)7(5)8(10,11)12/h1-3H,13H2. The number of hydrogen-bond donors (Lipinski definition) is 1. The fraction of sp³-hybridized carbons (Fsp3) is 0.125. The molecule has 0 saturated carbocycles. The molecule has 6 heteroatoms. The van der Waals surface area contributed by atoms with Crippen molar-refractivity contribution < 1.29 is 18.0 Å². The summed E-state index contributed by atoms with van der Waals surface area (Å²) in [5, 5.41) is -0.570. The molecule has 0 radical (unpaired) electrons. The molecule has 0 unspecified atom stereocenters. The van der Waals surface area contributed by atoms with Crippen LogP contribution >= 0.6 is 11.6 Å². The third kappa shape index (κ3) is 1.98. The third-order valence-corrected chi connectivity index (χ3v) is 1.86. The van der Waals surface area contributed by atoms with Crippen LogP contribution in [0.25, 0.3) is 0 Å². The van der Waals surface area contributed by atoms with Crippen LogP contribution in [0.4, 0.5) is 18.9 Å². The molecular weight excluding hydrogens is 219 g/mol. The minimum Gasteiger partial charge on any atom is -0.398 e. The highest BCUT2D eigenvalue weighted by Crippen LogP contribution is 2.38. The molecule has 0 aliphatic rings. The van der Waals surface area contributed by atoms with Gasteiger partial charge in [0.25, 0.3) is 0 Å². The van der Waals surface area contributed by atoms with E-state index in [-0.39, 0.29) is 5.56 Å². The maximum absolute atomic E-state index is 12.3. The summed E-state index contributed by atoms with van der Waals surface area (Å²) in [6, 6.07) is 1.86. The maximum atomic E-state index is 12.3. The second-order valence-corrected chi connectivity index (χ2v) is 2.99. The number of aldehydes is 1. The Balaban J connectivity index is 3.40. The Morgan fingerprint density at radius 1 is 1.36 bits per heavy atom. The quantitative estimate of drug-likeness (QED) is 0.588. The number of rotatable bonds is 1.